The summed E-state index contributed by atoms with van der Waals surface area (Å²) in [7, 11) is -3.75. The molecule has 8 nitrogen and oxygen atoms in total. The lowest BCUT2D eigenvalue weighted by molar-refractivity contribution is 0.0257. The summed E-state index contributed by atoms with van der Waals surface area (Å²) in [6, 6.07) is 25.9. The zero-order valence-electron chi connectivity index (χ0n) is 49.3. The zero-order chi connectivity index (χ0) is 54.5. The first kappa shape index (κ1) is 61.3. The third-order valence-electron chi connectivity index (χ3n) is 12.5. The van der Waals surface area contributed by atoms with Gasteiger partial charge in [-0.3, -0.25) is 9.05 Å². The van der Waals surface area contributed by atoms with Crippen LogP contribution in [-0.4, -0.2) is 39.6 Å². The highest BCUT2D eigenvalue weighted by Gasteiger charge is 2.32. The monoisotopic (exact) mass is 1030 g/mol. The second-order valence-corrected chi connectivity index (χ2v) is 29.7. The Morgan fingerprint density at radius 3 is 0.639 bits per heavy atom. The molecule has 0 radical (unpaired) electrons. The van der Waals surface area contributed by atoms with Crippen LogP contribution in [0.4, 0.5) is 0 Å². The molecule has 0 saturated heterocycles. The van der Waals surface area contributed by atoms with Gasteiger partial charge in [0.25, 0.3) is 0 Å². The van der Waals surface area contributed by atoms with Crippen LogP contribution >= 0.6 is 17.2 Å². The van der Waals surface area contributed by atoms with E-state index in [1.807, 2.05) is 0 Å². The molecule has 0 unspecified atom stereocenters. The molecule has 0 N–H and O–H groups in total. The molecule has 0 aromatic heterocycles. The van der Waals surface area contributed by atoms with Crippen LogP contribution in [0.25, 0.3) is 0 Å². The van der Waals surface area contributed by atoms with Gasteiger partial charge in [-0.25, -0.2) is 0 Å². The Morgan fingerprint density at radius 1 is 0.264 bits per heavy atom. The minimum absolute atomic E-state index is 0.0154. The minimum atomic E-state index is -1.87. The Hall–Kier alpha value is -3.22. The molecule has 10 heteroatoms. The molecule has 0 aliphatic carbocycles. The highest BCUT2D eigenvalue weighted by atomic mass is 31.2. The van der Waals surface area contributed by atoms with Crippen LogP contribution in [-0.2, 0) is 61.8 Å². The molecule has 0 atom stereocenters. The molecule has 4 aromatic rings. The van der Waals surface area contributed by atoms with Crippen molar-refractivity contribution in [2.45, 2.75) is 209 Å². The van der Waals surface area contributed by atoms with E-state index in [9.17, 15) is 0 Å². The summed E-state index contributed by atoms with van der Waals surface area (Å²) in [6.45, 7) is 55.3. The molecule has 4 aromatic carbocycles. The number of hydrogen-bond donors (Lipinski definition) is 0. The molecular formula is C62H96O8P2. The molecule has 0 heterocycles. The first-order valence-electron chi connectivity index (χ1n) is 26.1. The van der Waals surface area contributed by atoms with Gasteiger partial charge in [0.2, 0.25) is 0 Å². The van der Waals surface area contributed by atoms with Crippen LogP contribution in [0.15, 0.2) is 72.8 Å². The van der Waals surface area contributed by atoms with Gasteiger partial charge in [0.1, 0.15) is 23.0 Å². The summed E-state index contributed by atoms with van der Waals surface area (Å²) in [5, 5.41) is 0. The van der Waals surface area contributed by atoms with E-state index in [4.69, 9.17) is 36.6 Å². The lowest BCUT2D eigenvalue weighted by Gasteiger charge is -2.30. The molecule has 0 saturated carbocycles. The minimum Gasteiger partial charge on any atom is -0.417 e. The van der Waals surface area contributed by atoms with Crippen LogP contribution in [0.5, 0.6) is 23.0 Å². The van der Waals surface area contributed by atoms with Crippen LogP contribution < -0.4 is 18.1 Å². The van der Waals surface area contributed by atoms with Crippen molar-refractivity contribution in [2.24, 2.45) is 0 Å². The van der Waals surface area contributed by atoms with E-state index in [2.05, 4.69) is 239 Å². The largest absolute Gasteiger partial charge is 0.463 e. The van der Waals surface area contributed by atoms with Crippen molar-refractivity contribution in [3.8, 4) is 23.0 Å². The van der Waals surface area contributed by atoms with Crippen molar-refractivity contribution in [1.82, 2.24) is 0 Å². The van der Waals surface area contributed by atoms with Gasteiger partial charge in [-0.2, -0.15) is 0 Å². The summed E-state index contributed by atoms with van der Waals surface area (Å²) in [5.41, 5.74) is 8.62. The standard InChI is InChI=1S/C62H96O8P2/c1-55(2,3)43-25-29-51(47(39-43)59(13,14)15)67-71(68-52-30-26-44(56(4,5)6)40-48(52)60(16,17)18)65-37-35-63-33-34-64-36-38-66-72(69-53-31-27-45(57(7,8)9)41-49(53)61(19,20)21)70-54-32-28-46(58(10,11)12)42-50(54)62(22,23)24/h25-32,39-42H,33-38H2,1-24H3. The van der Waals surface area contributed by atoms with E-state index in [1.54, 1.807) is 0 Å². The Morgan fingerprint density at radius 2 is 0.458 bits per heavy atom. The van der Waals surface area contributed by atoms with Crippen molar-refractivity contribution in [3.63, 3.8) is 0 Å². The highest BCUT2D eigenvalue weighted by molar-refractivity contribution is 7.42. The predicted octanol–water partition coefficient (Wildman–Crippen LogP) is 18.2. The van der Waals surface area contributed by atoms with Gasteiger partial charge < -0.3 is 27.6 Å². The molecule has 0 amide bonds. The highest BCUT2D eigenvalue weighted by Crippen LogP contribution is 2.50. The normalized spacial score (nSPS) is 13.5. The summed E-state index contributed by atoms with van der Waals surface area (Å²) < 4.78 is 52.1. The van der Waals surface area contributed by atoms with Crippen LogP contribution in [0.1, 0.15) is 211 Å². The Labute approximate surface area is 441 Å². The van der Waals surface area contributed by atoms with Gasteiger partial charge in [0, 0.05) is 22.3 Å². The Kier molecular flexibility index (Phi) is 20.2. The molecule has 402 valence electrons. The van der Waals surface area contributed by atoms with E-state index in [1.165, 1.54) is 22.3 Å². The topological polar surface area (TPSA) is 73.8 Å². The summed E-state index contributed by atoms with van der Waals surface area (Å²) >= 11 is 0. The van der Waals surface area contributed by atoms with E-state index in [-0.39, 0.29) is 56.5 Å². The third kappa shape index (κ3) is 18.3. The third-order valence-corrected chi connectivity index (χ3v) is 14.7. The average Bonchev–Trinajstić information content (AvgIpc) is 3.21. The Balaban J connectivity index is 1.46. The van der Waals surface area contributed by atoms with Crippen LogP contribution in [0, 0.1) is 0 Å². The zero-order valence-corrected chi connectivity index (χ0v) is 51.1. The van der Waals surface area contributed by atoms with Crippen molar-refractivity contribution >= 4 is 17.2 Å². The number of benzene rings is 4. The maximum atomic E-state index is 6.77. The maximum Gasteiger partial charge on any atom is 0.463 e. The molecule has 0 aliphatic heterocycles. The van der Waals surface area contributed by atoms with E-state index < -0.39 is 17.2 Å². The first-order chi connectivity index (χ1) is 32.8. The second-order valence-electron chi connectivity index (χ2n) is 27.5. The lowest BCUT2D eigenvalue weighted by atomic mass is 9.80. The molecule has 0 bridgehead atoms. The van der Waals surface area contributed by atoms with Gasteiger partial charge in [-0.05, 0) is 89.8 Å². The van der Waals surface area contributed by atoms with Gasteiger partial charge in [-0.15, -0.1) is 0 Å². The average molecular weight is 1030 g/mol. The van der Waals surface area contributed by atoms with Gasteiger partial charge >= 0.3 is 17.2 Å². The SMILES string of the molecule is CC(C)(C)c1ccc(OP(OCCOCCOCCOP(Oc2ccc(C(C)(C)C)cc2C(C)(C)C)Oc2ccc(C(C)(C)C)cc2C(C)(C)C)Oc2ccc(C(C)(C)C)cc2C(C)(C)C)c(C(C)(C)C)c1. The van der Waals surface area contributed by atoms with Crippen molar-refractivity contribution in [3.05, 3.63) is 117 Å². The fraction of sp³-hybridized carbons (Fsp3) is 0.613. The fourth-order valence-electron chi connectivity index (χ4n) is 7.78. The quantitative estimate of drug-likeness (QED) is 0.0679. The molecule has 0 spiro atoms. The molecule has 0 aliphatic rings. The second kappa shape index (κ2) is 23.8. The number of hydrogen-bond acceptors (Lipinski definition) is 8. The molecule has 4 rings (SSSR count). The summed E-state index contributed by atoms with van der Waals surface area (Å²) in [6.07, 6.45) is 0. The van der Waals surface area contributed by atoms with E-state index in [0.29, 0.717) is 26.4 Å². The first-order valence-corrected chi connectivity index (χ1v) is 28.3. The molecule has 72 heavy (non-hydrogen) atoms. The predicted molar refractivity (Wildman–Crippen MR) is 305 cm³/mol. The van der Waals surface area contributed by atoms with Crippen molar-refractivity contribution in [1.29, 1.82) is 0 Å². The molecular weight excluding hydrogens is 935 g/mol. The number of ether oxygens (including phenoxy) is 2. The number of rotatable bonds is 19. The van der Waals surface area contributed by atoms with Crippen molar-refractivity contribution < 1.29 is 36.6 Å². The fourth-order valence-corrected chi connectivity index (χ4v) is 9.79. The van der Waals surface area contributed by atoms with Crippen molar-refractivity contribution in [2.75, 3.05) is 39.6 Å². The smallest absolute Gasteiger partial charge is 0.417 e. The van der Waals surface area contributed by atoms with E-state index in [0.717, 1.165) is 45.3 Å². The van der Waals surface area contributed by atoms with E-state index >= 15 is 0 Å². The Bertz CT molecular complexity index is 2050. The van der Waals surface area contributed by atoms with Gasteiger partial charge in [-0.1, -0.05) is 215 Å². The summed E-state index contributed by atoms with van der Waals surface area (Å²) in [4.78, 5) is 0. The molecule has 0 fully saturated rings. The van der Waals surface area contributed by atoms with Gasteiger partial charge in [0.15, 0.2) is 0 Å². The van der Waals surface area contributed by atoms with Crippen LogP contribution in [0.3, 0.4) is 0 Å². The summed E-state index contributed by atoms with van der Waals surface area (Å²) in [5.74, 6) is 3.01. The maximum absolute atomic E-state index is 6.77. The van der Waals surface area contributed by atoms with Crippen LogP contribution in [0.2, 0.25) is 0 Å². The lowest BCUT2D eigenvalue weighted by Crippen LogP contribution is -2.19. The van der Waals surface area contributed by atoms with Gasteiger partial charge in [0.05, 0.1) is 39.6 Å².